The average molecular weight is 449 g/mol. The molecule has 4 rings (SSSR count). The van der Waals surface area contributed by atoms with Gasteiger partial charge in [-0.3, -0.25) is 19.4 Å². The molecule has 0 fully saturated rings. The second-order valence-electron chi connectivity index (χ2n) is 7.29. The lowest BCUT2D eigenvalue weighted by molar-refractivity contribution is -0.138. The van der Waals surface area contributed by atoms with Crippen LogP contribution in [0.1, 0.15) is 37.9 Å². The molecule has 1 aliphatic rings. The summed E-state index contributed by atoms with van der Waals surface area (Å²) in [4.78, 5) is 55.7. The van der Waals surface area contributed by atoms with E-state index < -0.39 is 35.5 Å². The van der Waals surface area contributed by atoms with E-state index in [2.05, 4.69) is 10.3 Å². The van der Waals surface area contributed by atoms with Crippen molar-refractivity contribution in [3.63, 3.8) is 0 Å². The van der Waals surface area contributed by atoms with E-state index in [1.165, 1.54) is 24.5 Å². The molecular formula is C24H17ClN2O5. The van der Waals surface area contributed by atoms with E-state index in [1.807, 2.05) is 0 Å². The number of benzene rings is 2. The van der Waals surface area contributed by atoms with E-state index in [1.54, 1.807) is 49.4 Å². The number of carbonyl (C=O) groups is 4. The number of pyridine rings is 1. The summed E-state index contributed by atoms with van der Waals surface area (Å²) in [5.74, 6) is -4.97. The molecule has 0 aliphatic carbocycles. The minimum absolute atomic E-state index is 0.167. The highest BCUT2D eigenvalue weighted by molar-refractivity contribution is 6.46. The highest BCUT2D eigenvalue weighted by atomic mass is 35.5. The van der Waals surface area contributed by atoms with Gasteiger partial charge in [0.15, 0.2) is 5.78 Å². The van der Waals surface area contributed by atoms with Crippen molar-refractivity contribution in [1.29, 1.82) is 0 Å². The molecule has 8 heteroatoms. The van der Waals surface area contributed by atoms with Crippen molar-refractivity contribution in [1.82, 2.24) is 4.98 Å². The van der Waals surface area contributed by atoms with Crippen molar-refractivity contribution in [2.24, 2.45) is 5.92 Å². The Morgan fingerprint density at radius 2 is 1.78 bits per heavy atom. The molecule has 3 aromatic rings. The minimum atomic E-state index is -1.58. The van der Waals surface area contributed by atoms with Crippen LogP contribution < -0.4 is 5.32 Å². The normalized spacial score (nSPS) is 15.4. The van der Waals surface area contributed by atoms with Crippen LogP contribution >= 0.6 is 11.6 Å². The summed E-state index contributed by atoms with van der Waals surface area (Å²) in [6.45, 7) is 1.80. The molecule has 7 nitrogen and oxygen atoms in total. The van der Waals surface area contributed by atoms with Crippen LogP contribution in [0.25, 0.3) is 0 Å². The van der Waals surface area contributed by atoms with Gasteiger partial charge in [-0.05, 0) is 42.8 Å². The highest BCUT2D eigenvalue weighted by Gasteiger charge is 2.46. The van der Waals surface area contributed by atoms with Crippen molar-refractivity contribution < 1.29 is 23.9 Å². The fourth-order valence-corrected chi connectivity index (χ4v) is 3.74. The summed E-state index contributed by atoms with van der Waals surface area (Å²) < 4.78 is 5.40. The molecule has 2 aromatic carbocycles. The van der Waals surface area contributed by atoms with Crippen LogP contribution in [0.15, 0.2) is 67.0 Å². The minimum Gasteiger partial charge on any atom is -0.453 e. The second kappa shape index (κ2) is 8.72. The number of halogens is 1. The number of fused-ring (bicyclic) bond motifs is 1. The molecule has 1 aliphatic heterocycles. The first-order chi connectivity index (χ1) is 15.4. The molecule has 1 N–H and O–H groups in total. The summed E-state index contributed by atoms with van der Waals surface area (Å²) >= 11 is 6.13. The molecule has 0 saturated carbocycles. The number of hydrogen-bond donors (Lipinski definition) is 1. The number of nitrogens with one attached hydrogen (secondary N) is 1. The Morgan fingerprint density at radius 1 is 1.06 bits per heavy atom. The Bertz CT molecular complexity index is 1240. The zero-order chi connectivity index (χ0) is 22.8. The maximum absolute atomic E-state index is 13.3. The van der Waals surface area contributed by atoms with Crippen molar-refractivity contribution in [3.8, 4) is 0 Å². The topological polar surface area (TPSA) is 102 Å². The zero-order valence-corrected chi connectivity index (χ0v) is 17.6. The Balaban J connectivity index is 1.72. The number of rotatable bonds is 6. The van der Waals surface area contributed by atoms with Crippen LogP contribution in [0.2, 0.25) is 5.02 Å². The van der Waals surface area contributed by atoms with E-state index in [0.717, 1.165) is 5.56 Å². The number of anilines is 1. The van der Waals surface area contributed by atoms with Crippen LogP contribution in [0.4, 0.5) is 5.69 Å². The number of Topliss-reactive ketones (excluding diaryl/α,β-unsaturated/α-hetero) is 2. The molecule has 0 saturated heterocycles. The van der Waals surface area contributed by atoms with Gasteiger partial charge in [-0.25, -0.2) is 4.79 Å². The summed E-state index contributed by atoms with van der Waals surface area (Å²) in [7, 11) is 0. The number of amides is 1. The number of cyclic esters (lactones) is 1. The quantitative estimate of drug-likeness (QED) is 0.265. The number of aryl methyl sites for hydroxylation is 1. The fraction of sp³-hybridized carbons (Fsp3) is 0.125. The summed E-state index contributed by atoms with van der Waals surface area (Å²) in [6.07, 6.45) is 1.57. The summed E-state index contributed by atoms with van der Waals surface area (Å²) in [5, 5.41) is 2.71. The number of aromatic nitrogens is 1. The zero-order valence-electron chi connectivity index (χ0n) is 16.9. The summed E-state index contributed by atoms with van der Waals surface area (Å²) in [6, 6.07) is 14.3. The lowest BCUT2D eigenvalue weighted by Gasteiger charge is -2.21. The van der Waals surface area contributed by atoms with E-state index in [0.29, 0.717) is 5.56 Å². The average Bonchev–Trinajstić information content (AvgIpc) is 3.13. The van der Waals surface area contributed by atoms with Gasteiger partial charge in [0, 0.05) is 23.5 Å². The Hall–Kier alpha value is -3.84. The third kappa shape index (κ3) is 4.02. The SMILES string of the molecule is Cc1ccc(Cl)c(NC(=O)C(=O)[C@@H](C(=O)c2ccncc2)[C@@H]2OC(=O)c3ccccc32)c1. The standard InChI is InChI=1S/C24H17ClN2O5/c1-13-6-7-17(25)18(12-13)27-23(30)21(29)19(20(28)14-8-10-26-11-9-14)22-15-4-2-3-5-16(15)24(31)32-22/h2-12,19,22H,1H3,(H,27,30)/t19-,22-/m1/s1. The number of ether oxygens (including phenoxy) is 1. The Morgan fingerprint density at radius 3 is 2.53 bits per heavy atom. The Labute approximate surface area is 188 Å². The molecule has 2 heterocycles. The van der Waals surface area contributed by atoms with Crippen LogP contribution in [0.3, 0.4) is 0 Å². The molecule has 32 heavy (non-hydrogen) atoms. The molecule has 0 bridgehead atoms. The fourth-order valence-electron chi connectivity index (χ4n) is 3.57. The van der Waals surface area contributed by atoms with Gasteiger partial charge in [0.1, 0.15) is 12.0 Å². The van der Waals surface area contributed by atoms with Crippen LogP contribution in [-0.2, 0) is 14.3 Å². The van der Waals surface area contributed by atoms with Crippen molar-refractivity contribution in [2.75, 3.05) is 5.32 Å². The number of nitrogens with zero attached hydrogens (tertiary/aromatic N) is 1. The molecule has 1 aromatic heterocycles. The van der Waals surface area contributed by atoms with Gasteiger partial charge in [0.05, 0.1) is 16.3 Å². The largest absolute Gasteiger partial charge is 0.453 e. The van der Waals surface area contributed by atoms with Gasteiger partial charge in [-0.2, -0.15) is 0 Å². The smallest absolute Gasteiger partial charge is 0.339 e. The number of esters is 1. The third-order valence-electron chi connectivity index (χ3n) is 5.15. The number of carbonyl (C=O) groups excluding carboxylic acids is 4. The van der Waals surface area contributed by atoms with Crippen LogP contribution in [0, 0.1) is 12.8 Å². The maximum atomic E-state index is 13.3. The van der Waals surface area contributed by atoms with Gasteiger partial charge in [0.25, 0.3) is 5.91 Å². The highest BCUT2D eigenvalue weighted by Crippen LogP contribution is 2.38. The van der Waals surface area contributed by atoms with Crippen molar-refractivity contribution >= 4 is 40.7 Å². The van der Waals surface area contributed by atoms with Crippen molar-refractivity contribution in [2.45, 2.75) is 13.0 Å². The molecule has 160 valence electrons. The van der Waals surface area contributed by atoms with Crippen molar-refractivity contribution in [3.05, 3.63) is 94.3 Å². The van der Waals surface area contributed by atoms with Gasteiger partial charge in [-0.1, -0.05) is 35.9 Å². The maximum Gasteiger partial charge on any atom is 0.339 e. The van der Waals surface area contributed by atoms with Crippen LogP contribution in [0.5, 0.6) is 0 Å². The molecule has 2 atom stereocenters. The molecule has 1 amide bonds. The van der Waals surface area contributed by atoms with E-state index in [9.17, 15) is 19.2 Å². The predicted molar refractivity (Wildman–Crippen MR) is 116 cm³/mol. The molecule has 0 unspecified atom stereocenters. The Kier molecular flexibility index (Phi) is 5.83. The van der Waals surface area contributed by atoms with E-state index >= 15 is 0 Å². The van der Waals surface area contributed by atoms with Gasteiger partial charge < -0.3 is 10.1 Å². The first kappa shape index (κ1) is 21.4. The van der Waals surface area contributed by atoms with Gasteiger partial charge in [0.2, 0.25) is 5.78 Å². The number of ketones is 2. The third-order valence-corrected chi connectivity index (χ3v) is 5.48. The lowest BCUT2D eigenvalue weighted by Crippen LogP contribution is -2.38. The van der Waals surface area contributed by atoms with E-state index in [-0.39, 0.29) is 21.8 Å². The lowest BCUT2D eigenvalue weighted by atomic mass is 9.85. The van der Waals surface area contributed by atoms with Gasteiger partial charge in [-0.15, -0.1) is 0 Å². The summed E-state index contributed by atoms with van der Waals surface area (Å²) in [5.41, 5.74) is 1.85. The first-order valence-corrected chi connectivity index (χ1v) is 10.1. The van der Waals surface area contributed by atoms with Crippen LogP contribution in [-0.4, -0.2) is 28.4 Å². The first-order valence-electron chi connectivity index (χ1n) is 9.72. The predicted octanol–water partition coefficient (Wildman–Crippen LogP) is 3.96. The second-order valence-corrected chi connectivity index (χ2v) is 7.70. The molecule has 0 radical (unpaired) electrons. The number of hydrogen-bond acceptors (Lipinski definition) is 6. The molecular weight excluding hydrogens is 432 g/mol. The molecule has 0 spiro atoms. The van der Waals surface area contributed by atoms with E-state index in [4.69, 9.17) is 16.3 Å². The monoisotopic (exact) mass is 448 g/mol. The van der Waals surface area contributed by atoms with Gasteiger partial charge >= 0.3 is 5.97 Å².